The average molecular weight is 451 g/mol. The van der Waals surface area contributed by atoms with E-state index in [0.29, 0.717) is 63.1 Å². The number of aryl methyl sites for hydroxylation is 1. The smallest absolute Gasteiger partial charge is 0.274 e. The lowest BCUT2D eigenvalue weighted by molar-refractivity contribution is 0.0296. The third-order valence-electron chi connectivity index (χ3n) is 6.42. The van der Waals surface area contributed by atoms with Gasteiger partial charge in [-0.2, -0.15) is 5.10 Å². The third-order valence-corrected chi connectivity index (χ3v) is 6.42. The number of rotatable bonds is 5. The monoisotopic (exact) mass is 450 g/mol. The van der Waals surface area contributed by atoms with Crippen LogP contribution in [0.4, 0.5) is 0 Å². The molecule has 0 aromatic carbocycles. The van der Waals surface area contributed by atoms with Crippen LogP contribution in [0.25, 0.3) is 5.65 Å². The van der Waals surface area contributed by atoms with Gasteiger partial charge in [-0.1, -0.05) is 19.9 Å². The molecule has 0 bridgehead atoms. The summed E-state index contributed by atoms with van der Waals surface area (Å²) in [4.78, 5) is 34.7. The molecule has 2 amide bonds. The van der Waals surface area contributed by atoms with Crippen molar-refractivity contribution >= 4 is 17.5 Å². The number of carbonyl (C=O) groups excluding carboxylic acids is 2. The van der Waals surface area contributed by atoms with Gasteiger partial charge in [0.15, 0.2) is 5.69 Å². The second-order valence-electron chi connectivity index (χ2n) is 9.15. The third kappa shape index (κ3) is 4.25. The van der Waals surface area contributed by atoms with E-state index in [1.807, 2.05) is 38.4 Å². The zero-order valence-corrected chi connectivity index (χ0v) is 19.2. The van der Waals surface area contributed by atoms with Gasteiger partial charge >= 0.3 is 0 Å². The summed E-state index contributed by atoms with van der Waals surface area (Å²) in [5, 5.41) is 4.77. The number of hydrogen-bond donors (Lipinski definition) is 0. The molecule has 33 heavy (non-hydrogen) atoms. The van der Waals surface area contributed by atoms with Crippen molar-refractivity contribution in [3.8, 4) is 0 Å². The maximum atomic E-state index is 13.4. The maximum Gasteiger partial charge on any atom is 0.274 e. The number of pyridine rings is 1. The van der Waals surface area contributed by atoms with E-state index in [2.05, 4.69) is 18.8 Å². The topological polar surface area (TPSA) is 85.0 Å². The molecule has 2 aliphatic heterocycles. The first-order valence-electron chi connectivity index (χ1n) is 11.7. The number of carbonyl (C=O) groups is 2. The first kappa shape index (κ1) is 21.6. The molecular formula is C24H30N6O3. The van der Waals surface area contributed by atoms with Gasteiger partial charge < -0.3 is 18.9 Å². The summed E-state index contributed by atoms with van der Waals surface area (Å²) in [7, 11) is 0. The minimum atomic E-state index is -0.121. The molecule has 3 aromatic rings. The van der Waals surface area contributed by atoms with Crippen LogP contribution in [0.5, 0.6) is 0 Å². The van der Waals surface area contributed by atoms with E-state index in [1.165, 1.54) is 0 Å². The standard InChI is InChI=1S/C24H30N6O3/c1-17(2)6-10-30-20-7-9-29(23(31)19-16-28-8-4-3-5-21(28)25-19)15-18(20)22(26-30)24(32)27-11-13-33-14-12-27/h3-5,8,16-17H,6-7,9-15H2,1-2H3. The largest absolute Gasteiger partial charge is 0.378 e. The minimum absolute atomic E-state index is 0.0696. The zero-order chi connectivity index (χ0) is 22.9. The van der Waals surface area contributed by atoms with Crippen LogP contribution < -0.4 is 0 Å². The number of morpholine rings is 1. The highest BCUT2D eigenvalue weighted by atomic mass is 16.5. The van der Waals surface area contributed by atoms with Crippen molar-refractivity contribution in [2.24, 2.45) is 5.92 Å². The number of aromatic nitrogens is 4. The van der Waals surface area contributed by atoms with Crippen LogP contribution in [-0.4, -0.2) is 73.6 Å². The molecule has 0 radical (unpaired) electrons. The summed E-state index contributed by atoms with van der Waals surface area (Å²) in [6.07, 6.45) is 5.31. The van der Waals surface area contributed by atoms with Gasteiger partial charge in [-0.25, -0.2) is 4.98 Å². The lowest BCUT2D eigenvalue weighted by Crippen LogP contribution is -2.42. The van der Waals surface area contributed by atoms with E-state index in [1.54, 1.807) is 11.1 Å². The van der Waals surface area contributed by atoms with Crippen molar-refractivity contribution < 1.29 is 14.3 Å². The van der Waals surface area contributed by atoms with Crippen LogP contribution in [0.15, 0.2) is 30.6 Å². The number of amides is 2. The molecule has 1 saturated heterocycles. The van der Waals surface area contributed by atoms with Crippen LogP contribution in [0, 0.1) is 5.92 Å². The van der Waals surface area contributed by atoms with Crippen molar-refractivity contribution in [3.63, 3.8) is 0 Å². The van der Waals surface area contributed by atoms with Crippen LogP contribution in [0.3, 0.4) is 0 Å². The predicted octanol–water partition coefficient (Wildman–Crippen LogP) is 2.25. The number of hydrogen-bond acceptors (Lipinski definition) is 5. The van der Waals surface area contributed by atoms with Crippen LogP contribution in [0.1, 0.15) is 52.5 Å². The van der Waals surface area contributed by atoms with Gasteiger partial charge in [-0.05, 0) is 24.5 Å². The summed E-state index contributed by atoms with van der Waals surface area (Å²) < 4.78 is 9.25. The van der Waals surface area contributed by atoms with E-state index < -0.39 is 0 Å². The molecule has 9 heteroatoms. The maximum absolute atomic E-state index is 13.4. The number of ether oxygens (including phenoxy) is 1. The SMILES string of the molecule is CC(C)CCn1nc(C(=O)N2CCOCC2)c2c1CCN(C(=O)c1cn3ccccc3n1)C2. The van der Waals surface area contributed by atoms with Gasteiger partial charge in [-0.15, -0.1) is 0 Å². The first-order valence-corrected chi connectivity index (χ1v) is 11.7. The lowest BCUT2D eigenvalue weighted by Gasteiger charge is -2.29. The molecule has 3 aromatic heterocycles. The quantitative estimate of drug-likeness (QED) is 0.595. The molecule has 0 atom stereocenters. The fraction of sp³-hybridized carbons (Fsp3) is 0.500. The van der Waals surface area contributed by atoms with Crippen molar-refractivity contribution in [2.75, 3.05) is 32.8 Å². The Morgan fingerprint density at radius 2 is 1.91 bits per heavy atom. The van der Waals surface area contributed by atoms with E-state index in [0.717, 1.165) is 29.9 Å². The number of imidazole rings is 1. The van der Waals surface area contributed by atoms with Gasteiger partial charge in [-0.3, -0.25) is 14.3 Å². The van der Waals surface area contributed by atoms with Gasteiger partial charge in [0.05, 0.1) is 19.8 Å². The Hall–Kier alpha value is -3.20. The van der Waals surface area contributed by atoms with Crippen molar-refractivity contribution in [1.29, 1.82) is 0 Å². The van der Waals surface area contributed by atoms with E-state index >= 15 is 0 Å². The Morgan fingerprint density at radius 3 is 2.67 bits per heavy atom. The Kier molecular flexibility index (Phi) is 5.88. The fourth-order valence-corrected chi connectivity index (χ4v) is 4.52. The molecule has 0 unspecified atom stereocenters. The highest BCUT2D eigenvalue weighted by molar-refractivity contribution is 5.95. The Balaban J connectivity index is 1.44. The molecule has 1 fully saturated rings. The first-order chi connectivity index (χ1) is 16.0. The van der Waals surface area contributed by atoms with E-state index in [4.69, 9.17) is 9.84 Å². The Labute approximate surface area is 192 Å². The van der Waals surface area contributed by atoms with Crippen molar-refractivity contribution in [1.82, 2.24) is 29.0 Å². The number of nitrogens with zero attached hydrogens (tertiary/aromatic N) is 6. The second-order valence-corrected chi connectivity index (χ2v) is 9.15. The van der Waals surface area contributed by atoms with E-state index in [-0.39, 0.29) is 11.8 Å². The van der Waals surface area contributed by atoms with Gasteiger partial charge in [0.2, 0.25) is 0 Å². The van der Waals surface area contributed by atoms with Gasteiger partial charge in [0.1, 0.15) is 11.3 Å². The second kappa shape index (κ2) is 8.97. The Bertz CT molecular complexity index is 1140. The van der Waals surface area contributed by atoms with E-state index in [9.17, 15) is 9.59 Å². The minimum Gasteiger partial charge on any atom is -0.378 e. The summed E-state index contributed by atoms with van der Waals surface area (Å²) in [6, 6.07) is 5.69. The highest BCUT2D eigenvalue weighted by Crippen LogP contribution is 2.26. The van der Waals surface area contributed by atoms with Crippen molar-refractivity contribution in [2.45, 2.75) is 39.8 Å². The zero-order valence-electron chi connectivity index (χ0n) is 19.2. The molecule has 0 saturated carbocycles. The normalized spacial score (nSPS) is 16.5. The summed E-state index contributed by atoms with van der Waals surface area (Å²) in [5.41, 5.74) is 3.58. The molecule has 174 valence electrons. The molecular weight excluding hydrogens is 420 g/mol. The average Bonchev–Trinajstić information content (AvgIpc) is 3.43. The molecule has 5 heterocycles. The molecule has 2 aliphatic rings. The van der Waals surface area contributed by atoms with Crippen LogP contribution in [0.2, 0.25) is 0 Å². The summed E-state index contributed by atoms with van der Waals surface area (Å²) in [6.45, 7) is 8.31. The predicted molar refractivity (Wildman–Crippen MR) is 122 cm³/mol. The van der Waals surface area contributed by atoms with Crippen molar-refractivity contribution in [3.05, 3.63) is 53.2 Å². The molecule has 0 aliphatic carbocycles. The van der Waals surface area contributed by atoms with Gasteiger partial charge in [0.25, 0.3) is 11.8 Å². The summed E-state index contributed by atoms with van der Waals surface area (Å²) in [5.74, 6) is 0.351. The molecule has 9 nitrogen and oxygen atoms in total. The summed E-state index contributed by atoms with van der Waals surface area (Å²) >= 11 is 0. The molecule has 0 N–H and O–H groups in total. The molecule has 5 rings (SSSR count). The van der Waals surface area contributed by atoms with Crippen LogP contribution in [-0.2, 0) is 24.2 Å². The fourth-order valence-electron chi connectivity index (χ4n) is 4.52. The molecule has 0 spiro atoms. The lowest BCUT2D eigenvalue weighted by atomic mass is 10.0. The Morgan fingerprint density at radius 1 is 1.09 bits per heavy atom. The van der Waals surface area contributed by atoms with Crippen LogP contribution >= 0.6 is 0 Å². The highest BCUT2D eigenvalue weighted by Gasteiger charge is 2.33. The van der Waals surface area contributed by atoms with Gasteiger partial charge in [0, 0.05) is 56.3 Å². The number of fused-ring (bicyclic) bond motifs is 2.